The first-order valence-corrected chi connectivity index (χ1v) is 27.4. The Hall–Kier alpha value is -3.15. The van der Waals surface area contributed by atoms with Crippen molar-refractivity contribution in [1.29, 1.82) is 0 Å². The molecule has 1 unspecified atom stereocenters. The van der Waals surface area contributed by atoms with Crippen molar-refractivity contribution in [2.75, 3.05) is 13.2 Å². The van der Waals surface area contributed by atoms with Gasteiger partial charge < -0.3 is 14.2 Å². The van der Waals surface area contributed by atoms with Crippen LogP contribution in [0.3, 0.4) is 0 Å². The summed E-state index contributed by atoms with van der Waals surface area (Å²) in [6, 6.07) is 0. The van der Waals surface area contributed by atoms with E-state index in [1.807, 2.05) is 6.08 Å². The smallest absolute Gasteiger partial charge is 0.306 e. The maximum absolute atomic E-state index is 12.8. The van der Waals surface area contributed by atoms with Crippen LogP contribution in [0.2, 0.25) is 0 Å². The summed E-state index contributed by atoms with van der Waals surface area (Å²) < 4.78 is 16.8. The van der Waals surface area contributed by atoms with E-state index in [1.54, 1.807) is 0 Å². The quantitative estimate of drug-likeness (QED) is 0.0262. The zero-order valence-corrected chi connectivity index (χ0v) is 42.7. The highest BCUT2D eigenvalue weighted by molar-refractivity contribution is 5.71. The molecule has 0 aromatic heterocycles. The lowest BCUT2D eigenvalue weighted by molar-refractivity contribution is -0.166. The zero-order chi connectivity index (χ0) is 47.2. The fraction of sp³-hybridized carbons (Fsp3) is 0.746. The van der Waals surface area contributed by atoms with Gasteiger partial charge in [-0.1, -0.05) is 241 Å². The van der Waals surface area contributed by atoms with Crippen molar-refractivity contribution in [1.82, 2.24) is 0 Å². The highest BCUT2D eigenvalue weighted by atomic mass is 16.6. The SMILES string of the molecule is CC/C=C\C/C=C\C/C=C\C/C=C\C/C=C\CCC(=O)OCC(COC(=O)CCCCCCCCC/C=C\CCCCCC)OC(=O)CCCCCCCCCCCCCCCCCC. The Morgan fingerprint density at radius 1 is 0.323 bits per heavy atom. The molecule has 6 nitrogen and oxygen atoms in total. The normalized spacial score (nSPS) is 12.6. The van der Waals surface area contributed by atoms with Gasteiger partial charge in [-0.05, 0) is 77.0 Å². The van der Waals surface area contributed by atoms with Gasteiger partial charge in [0.2, 0.25) is 0 Å². The fourth-order valence-electron chi connectivity index (χ4n) is 7.60. The fourth-order valence-corrected chi connectivity index (χ4v) is 7.60. The minimum atomic E-state index is -0.805. The van der Waals surface area contributed by atoms with E-state index in [9.17, 15) is 14.4 Å². The van der Waals surface area contributed by atoms with Crippen molar-refractivity contribution >= 4 is 17.9 Å². The summed E-state index contributed by atoms with van der Waals surface area (Å²) >= 11 is 0. The molecule has 0 saturated heterocycles. The molecular formula is C59H102O6. The van der Waals surface area contributed by atoms with E-state index in [0.717, 1.165) is 70.6 Å². The molecule has 374 valence electrons. The molecule has 0 rings (SSSR count). The molecule has 0 amide bonds. The molecule has 1 atom stereocenters. The first-order chi connectivity index (χ1) is 32.0. The van der Waals surface area contributed by atoms with Crippen LogP contribution in [0.15, 0.2) is 72.9 Å². The van der Waals surface area contributed by atoms with E-state index in [0.29, 0.717) is 19.3 Å². The van der Waals surface area contributed by atoms with Crippen LogP contribution in [0, 0.1) is 0 Å². The predicted molar refractivity (Wildman–Crippen MR) is 279 cm³/mol. The summed E-state index contributed by atoms with van der Waals surface area (Å²) in [7, 11) is 0. The van der Waals surface area contributed by atoms with E-state index in [4.69, 9.17) is 14.2 Å². The standard InChI is InChI=1S/C59H102O6/c1-4-7-10-13-16-19-22-25-28-31-34-37-40-43-46-49-52-58(61)64-55-56(54-63-57(60)51-48-45-42-39-36-33-30-27-24-21-18-15-12-9-6-3)65-59(62)53-50-47-44-41-38-35-32-29-26-23-20-17-14-11-8-5-2/h7,10,16,19,21,24-25,28,34,37,43,46,56H,4-6,8-9,11-15,17-18,20,22-23,26-27,29-33,35-36,38-42,44-45,47-55H2,1-3H3/b10-7-,19-16-,24-21-,28-25-,37-34-,46-43-. The lowest BCUT2D eigenvalue weighted by Gasteiger charge is -2.18. The Kier molecular flexibility index (Phi) is 50.9. The van der Waals surface area contributed by atoms with Crippen molar-refractivity contribution in [3.05, 3.63) is 72.9 Å². The predicted octanol–water partition coefficient (Wildman–Crippen LogP) is 18.2. The highest BCUT2D eigenvalue weighted by Crippen LogP contribution is 2.16. The Morgan fingerprint density at radius 3 is 1.05 bits per heavy atom. The molecule has 0 N–H and O–H groups in total. The Balaban J connectivity index is 4.47. The molecule has 0 saturated carbocycles. The van der Waals surface area contributed by atoms with Gasteiger partial charge in [0.1, 0.15) is 13.2 Å². The monoisotopic (exact) mass is 907 g/mol. The van der Waals surface area contributed by atoms with Gasteiger partial charge in [0.25, 0.3) is 0 Å². The number of esters is 3. The molecule has 0 spiro atoms. The molecule has 0 aromatic rings. The van der Waals surface area contributed by atoms with Crippen LogP contribution in [0.1, 0.15) is 265 Å². The van der Waals surface area contributed by atoms with Crippen LogP contribution in [-0.4, -0.2) is 37.2 Å². The maximum Gasteiger partial charge on any atom is 0.306 e. The zero-order valence-electron chi connectivity index (χ0n) is 42.7. The number of unbranched alkanes of at least 4 members (excludes halogenated alkanes) is 26. The molecule has 0 fully saturated rings. The maximum atomic E-state index is 12.8. The van der Waals surface area contributed by atoms with Crippen molar-refractivity contribution in [2.24, 2.45) is 0 Å². The van der Waals surface area contributed by atoms with E-state index in [2.05, 4.69) is 87.6 Å². The van der Waals surface area contributed by atoms with Crippen LogP contribution < -0.4 is 0 Å². The van der Waals surface area contributed by atoms with Crippen molar-refractivity contribution in [3.63, 3.8) is 0 Å². The number of ether oxygens (including phenoxy) is 3. The van der Waals surface area contributed by atoms with Gasteiger partial charge in [-0.3, -0.25) is 14.4 Å². The summed E-state index contributed by atoms with van der Waals surface area (Å²) in [4.78, 5) is 38.0. The number of hydrogen-bond donors (Lipinski definition) is 0. The van der Waals surface area contributed by atoms with Crippen molar-refractivity contribution in [2.45, 2.75) is 271 Å². The largest absolute Gasteiger partial charge is 0.462 e. The molecule has 0 radical (unpaired) electrons. The lowest BCUT2D eigenvalue weighted by atomic mass is 10.0. The summed E-state index contributed by atoms with van der Waals surface area (Å²) in [5, 5.41) is 0. The molecule has 0 aromatic carbocycles. The van der Waals surface area contributed by atoms with Crippen LogP contribution in [0.25, 0.3) is 0 Å². The Labute approximate surface area is 402 Å². The van der Waals surface area contributed by atoms with Gasteiger partial charge in [-0.15, -0.1) is 0 Å². The molecule has 0 aliphatic carbocycles. The second-order valence-electron chi connectivity index (χ2n) is 18.1. The average Bonchev–Trinajstić information content (AvgIpc) is 3.30. The lowest BCUT2D eigenvalue weighted by Crippen LogP contribution is -2.30. The third kappa shape index (κ3) is 51.7. The van der Waals surface area contributed by atoms with E-state index >= 15 is 0 Å². The number of rotatable bonds is 49. The van der Waals surface area contributed by atoms with Gasteiger partial charge in [0.05, 0.1) is 0 Å². The molecule has 0 heterocycles. The number of allylic oxidation sites excluding steroid dienone is 12. The second-order valence-corrected chi connectivity index (χ2v) is 18.1. The minimum absolute atomic E-state index is 0.0984. The van der Waals surface area contributed by atoms with Gasteiger partial charge in [-0.25, -0.2) is 0 Å². The van der Waals surface area contributed by atoms with E-state index in [-0.39, 0.29) is 37.5 Å². The third-order valence-electron chi connectivity index (χ3n) is 11.7. The van der Waals surface area contributed by atoms with Gasteiger partial charge in [0.15, 0.2) is 6.10 Å². The molecule has 6 heteroatoms. The molecule has 65 heavy (non-hydrogen) atoms. The van der Waals surface area contributed by atoms with Crippen molar-refractivity contribution in [3.8, 4) is 0 Å². The number of hydrogen-bond acceptors (Lipinski definition) is 6. The summed E-state index contributed by atoms with van der Waals surface area (Å²) in [5.74, 6) is -0.982. The second kappa shape index (κ2) is 53.5. The molecular weight excluding hydrogens is 805 g/mol. The summed E-state index contributed by atoms with van der Waals surface area (Å²) in [6.07, 6.45) is 67.5. The molecule has 0 aliphatic heterocycles. The van der Waals surface area contributed by atoms with Crippen LogP contribution in [0.4, 0.5) is 0 Å². The van der Waals surface area contributed by atoms with E-state index in [1.165, 1.54) is 148 Å². The number of carbonyl (C=O) groups excluding carboxylic acids is 3. The number of carbonyl (C=O) groups is 3. The topological polar surface area (TPSA) is 78.9 Å². The van der Waals surface area contributed by atoms with Crippen LogP contribution in [0.5, 0.6) is 0 Å². The Morgan fingerprint density at radius 2 is 0.631 bits per heavy atom. The van der Waals surface area contributed by atoms with Crippen LogP contribution in [-0.2, 0) is 28.6 Å². The van der Waals surface area contributed by atoms with Crippen LogP contribution >= 0.6 is 0 Å². The third-order valence-corrected chi connectivity index (χ3v) is 11.7. The first-order valence-electron chi connectivity index (χ1n) is 27.4. The average molecular weight is 907 g/mol. The molecule has 0 bridgehead atoms. The van der Waals surface area contributed by atoms with Gasteiger partial charge >= 0.3 is 17.9 Å². The van der Waals surface area contributed by atoms with E-state index < -0.39 is 6.10 Å². The molecule has 0 aliphatic rings. The van der Waals surface area contributed by atoms with Gasteiger partial charge in [-0.2, -0.15) is 0 Å². The van der Waals surface area contributed by atoms with Crippen molar-refractivity contribution < 1.29 is 28.6 Å². The summed E-state index contributed by atoms with van der Waals surface area (Å²) in [5.41, 5.74) is 0. The summed E-state index contributed by atoms with van der Waals surface area (Å²) in [6.45, 7) is 6.46. The highest BCUT2D eigenvalue weighted by Gasteiger charge is 2.19. The Bertz CT molecular complexity index is 1230. The first kappa shape index (κ1) is 61.9. The van der Waals surface area contributed by atoms with Gasteiger partial charge in [0, 0.05) is 19.3 Å². The minimum Gasteiger partial charge on any atom is -0.462 e.